The van der Waals surface area contributed by atoms with E-state index in [9.17, 15) is 0 Å². The molecule has 0 aliphatic carbocycles. The van der Waals surface area contributed by atoms with Gasteiger partial charge in [0.2, 0.25) is 0 Å². The number of nitrogens with one attached hydrogen (secondary N) is 2. The second-order valence-corrected chi connectivity index (χ2v) is 36.5. The van der Waals surface area contributed by atoms with Crippen molar-refractivity contribution in [3.8, 4) is 44.5 Å². The fraction of sp³-hybridized carbons (Fsp3) is 0. The van der Waals surface area contributed by atoms with E-state index in [1.54, 1.807) is 0 Å². The van der Waals surface area contributed by atoms with Crippen molar-refractivity contribution in [1.29, 1.82) is 0 Å². The largest absolute Gasteiger partial charge is 0.323 e. The Kier molecular flexibility index (Phi) is 7.88. The summed E-state index contributed by atoms with van der Waals surface area (Å²) in [6, 6.07) is 0. The van der Waals surface area contributed by atoms with Gasteiger partial charge in [0, 0.05) is 0 Å². The molecule has 8 bridgehead atoms. The molecule has 7 aromatic heterocycles. The van der Waals surface area contributed by atoms with Crippen LogP contribution in [0.2, 0.25) is 0 Å². The molecule has 8 nitrogen and oxygen atoms in total. The van der Waals surface area contributed by atoms with Crippen molar-refractivity contribution in [2.45, 2.75) is 0 Å². The minimum absolute atomic E-state index is 0.790. The molecule has 7 aromatic rings. The highest BCUT2D eigenvalue weighted by Gasteiger charge is 2.23. The number of hydrogen-bond donors (Lipinski definition) is 2. The van der Waals surface area contributed by atoms with E-state index >= 15 is 0 Å². The standard InChI is InChI=1S/C16H2N8P16/c17-9-1-2(26-34-33-25-1)10(17)22-12-5-6(30-38-37-29-5)14(19-12)24-16-8-7(31-39-40-32-8)15(20-16)23-13-4-3(11(18-13)21-9)27-35-36-28-4/h(H2,17,18,19,20,21,22,23,24). The first kappa shape index (κ1) is 27.4. The Hall–Kier alpha value is 1.12. The van der Waals surface area contributed by atoms with Gasteiger partial charge in [-0.25, -0.2) is 29.9 Å². The molecule has 0 spiro atoms. The number of H-pyrrole nitrogens is 2. The summed E-state index contributed by atoms with van der Waals surface area (Å²) in [6.07, 6.45) is 0. The van der Waals surface area contributed by atoms with Crippen LogP contribution in [0.25, 0.3) is 87.5 Å². The van der Waals surface area contributed by atoms with E-state index in [-0.39, 0.29) is 0 Å². The topological polar surface area (TPSA) is 109 Å². The summed E-state index contributed by atoms with van der Waals surface area (Å²) >= 11 is 0. The predicted molar refractivity (Wildman–Crippen MR) is 196 cm³/mol. The summed E-state index contributed by atoms with van der Waals surface area (Å²) < 4.78 is 0. The smallest absolute Gasteiger partial charge is 0.170 e. The third-order valence-corrected chi connectivity index (χ3v) is 38.4. The SMILES string of the molecule is n1c2nc3[nH]c(nc4nc(nc5[nH]c(nc1-c1ppppc1-2)c1ppppc51)-c1ppppc1-4)c1ppppc31. The van der Waals surface area contributed by atoms with Crippen molar-refractivity contribution >= 4 is 166 Å². The van der Waals surface area contributed by atoms with Gasteiger partial charge < -0.3 is 9.97 Å². The average molecular weight is 802 g/mol. The number of nitrogens with zero attached hydrogens (tertiary/aromatic N) is 6. The molecule has 0 fully saturated rings. The molecule has 0 unspecified atom stereocenters. The fourth-order valence-electron chi connectivity index (χ4n) is 4.07. The molecular formula is C16H2N8P16. The van der Waals surface area contributed by atoms with Gasteiger partial charge in [-0.05, 0) is 123 Å². The second-order valence-electron chi connectivity index (χ2n) is 7.91. The predicted octanol–water partition coefficient (Wildman–Crippen LogP) is 16.2. The van der Waals surface area contributed by atoms with Gasteiger partial charge in [0.25, 0.3) is 0 Å². The van der Waals surface area contributed by atoms with Crippen LogP contribution in [0.4, 0.5) is 0 Å². The maximum atomic E-state index is 5.19. The molecule has 40 heavy (non-hydrogen) atoms. The third kappa shape index (κ3) is 4.77. The number of rotatable bonds is 0. The molecule has 0 saturated carbocycles. The minimum atomic E-state index is 0.790. The maximum absolute atomic E-state index is 5.19. The van der Waals surface area contributed by atoms with Crippen LogP contribution in [0.3, 0.4) is 0 Å². The van der Waals surface area contributed by atoms with E-state index in [4.69, 9.17) is 29.9 Å². The van der Waals surface area contributed by atoms with E-state index in [2.05, 4.69) is 9.97 Å². The Bertz CT molecular complexity index is 2060. The van der Waals surface area contributed by atoms with Gasteiger partial charge >= 0.3 is 0 Å². The number of hydrogen-bond acceptors (Lipinski definition) is 6. The molecule has 186 valence electrons. The van der Waals surface area contributed by atoms with Crippen LogP contribution < -0.4 is 0 Å². The molecule has 2 N–H and O–H groups in total. The van der Waals surface area contributed by atoms with Gasteiger partial charge in [0.05, 0.1) is 41.7 Å². The highest BCUT2D eigenvalue weighted by molar-refractivity contribution is 8.32. The van der Waals surface area contributed by atoms with E-state index in [1.165, 1.54) is 165 Å². The molecule has 9 heterocycles. The van der Waals surface area contributed by atoms with Crippen molar-refractivity contribution in [1.82, 2.24) is 39.9 Å². The Morgan fingerprint density at radius 3 is 0.825 bits per heavy atom. The zero-order valence-electron chi connectivity index (χ0n) is 18.8. The number of aromatic amines is 2. The van der Waals surface area contributed by atoms with E-state index in [1.807, 2.05) is 0 Å². The van der Waals surface area contributed by atoms with Gasteiger partial charge in [0.1, 0.15) is 22.6 Å². The highest BCUT2D eigenvalue weighted by Crippen LogP contribution is 2.56. The second kappa shape index (κ2) is 11.5. The molecule has 0 aromatic carbocycles. The van der Waals surface area contributed by atoms with E-state index in [0.717, 1.165) is 45.9 Å². The average Bonchev–Trinajstić information content (AvgIpc) is 3.73. The van der Waals surface area contributed by atoms with Crippen LogP contribution >= 0.6 is 123 Å². The van der Waals surface area contributed by atoms with Crippen molar-refractivity contribution < 1.29 is 0 Å². The Labute approximate surface area is 249 Å². The van der Waals surface area contributed by atoms with Gasteiger partial charge in [-0.3, -0.25) is 0 Å². The van der Waals surface area contributed by atoms with Gasteiger partial charge in [-0.15, -0.1) is 0 Å². The zero-order chi connectivity index (χ0) is 26.2. The Balaban J connectivity index is 1.51. The summed E-state index contributed by atoms with van der Waals surface area (Å²) in [5, 5.41) is 9.76. The van der Waals surface area contributed by atoms with Crippen LogP contribution in [0, 0.1) is 0 Å². The lowest BCUT2D eigenvalue weighted by atomic mass is 10.4. The molecule has 0 saturated heterocycles. The summed E-state index contributed by atoms with van der Waals surface area (Å²) in [7, 11) is 20.9. The summed E-state index contributed by atoms with van der Waals surface area (Å²) in [5.74, 6) is 3.16. The lowest BCUT2D eigenvalue weighted by Crippen LogP contribution is -1.82. The lowest BCUT2D eigenvalue weighted by molar-refractivity contribution is 1.19. The van der Waals surface area contributed by atoms with Crippen molar-refractivity contribution in [2.75, 3.05) is 0 Å². The van der Waals surface area contributed by atoms with Gasteiger partial charge in [-0.2, -0.15) is 0 Å². The Morgan fingerprint density at radius 2 is 0.550 bits per heavy atom. The monoisotopic (exact) mass is 802 g/mol. The fourth-order valence-corrected chi connectivity index (χ4v) is 37.0. The lowest BCUT2D eigenvalue weighted by Gasteiger charge is -1.94. The molecule has 0 amide bonds. The zero-order valence-corrected chi connectivity index (χ0v) is 33.1. The Morgan fingerprint density at radius 1 is 0.300 bits per heavy atom. The summed E-state index contributed by atoms with van der Waals surface area (Å²) in [5.41, 5.74) is 3.51. The first-order valence-electron chi connectivity index (χ1n) is 10.9. The highest BCUT2D eigenvalue weighted by atomic mass is 32.3. The maximum Gasteiger partial charge on any atom is 0.170 e. The van der Waals surface area contributed by atoms with Crippen molar-refractivity contribution in [3.63, 3.8) is 0 Å². The molecule has 9 rings (SSSR count). The quantitative estimate of drug-likeness (QED) is 0.158. The third-order valence-electron chi connectivity index (χ3n) is 5.73. The summed E-state index contributed by atoms with van der Waals surface area (Å²) in [6.45, 7) is 0. The van der Waals surface area contributed by atoms with E-state index in [0.29, 0.717) is 0 Å². The first-order chi connectivity index (χ1) is 19.8. The minimum Gasteiger partial charge on any atom is -0.323 e. The molecular weight excluding hydrogens is 800 g/mol. The van der Waals surface area contributed by atoms with Crippen LogP contribution in [0.1, 0.15) is 0 Å². The molecule has 2 aliphatic rings. The van der Waals surface area contributed by atoms with Crippen LogP contribution in [-0.2, 0) is 0 Å². The van der Waals surface area contributed by atoms with Crippen molar-refractivity contribution in [2.24, 2.45) is 0 Å². The summed E-state index contributed by atoms with van der Waals surface area (Å²) in [4.78, 5) is 38.1. The normalized spacial score (nSPS) is 15.2. The number of aromatic nitrogens is 8. The van der Waals surface area contributed by atoms with Crippen LogP contribution in [0.5, 0.6) is 0 Å². The van der Waals surface area contributed by atoms with E-state index < -0.39 is 0 Å². The molecule has 0 radical (unpaired) electrons. The molecule has 24 heteroatoms. The molecule has 0 atom stereocenters. The van der Waals surface area contributed by atoms with Crippen molar-refractivity contribution in [3.05, 3.63) is 0 Å². The van der Waals surface area contributed by atoms with Crippen LogP contribution in [-0.4, -0.2) is 39.9 Å². The van der Waals surface area contributed by atoms with Gasteiger partial charge in [0.15, 0.2) is 23.3 Å². The molecule has 2 aliphatic heterocycles. The first-order valence-corrected chi connectivity index (χ1v) is 33.6. The van der Waals surface area contributed by atoms with Crippen LogP contribution in [0.15, 0.2) is 0 Å². The number of fused-ring (bicyclic) bond motifs is 20. The van der Waals surface area contributed by atoms with Gasteiger partial charge in [-0.1, -0.05) is 0 Å².